The maximum absolute atomic E-state index is 13.7. The van der Waals surface area contributed by atoms with Crippen LogP contribution < -0.4 is 4.90 Å². The van der Waals surface area contributed by atoms with Gasteiger partial charge in [-0.05, 0) is 24.1 Å². The van der Waals surface area contributed by atoms with Gasteiger partial charge in [-0.1, -0.05) is 54.2 Å². The number of carbonyl (C=O) groups excluding carboxylic acids is 2. The monoisotopic (exact) mass is 418 g/mol. The fraction of sp³-hybridized carbons (Fsp3) is 0.348. The summed E-state index contributed by atoms with van der Waals surface area (Å²) < 4.78 is 0. The van der Waals surface area contributed by atoms with Gasteiger partial charge in [-0.25, -0.2) is 0 Å². The van der Waals surface area contributed by atoms with Gasteiger partial charge in [0, 0.05) is 37.5 Å². The van der Waals surface area contributed by atoms with Gasteiger partial charge in [0.2, 0.25) is 5.91 Å². The molecule has 2 aromatic carbocycles. The number of carbonyl (C=O) groups is 2. The first-order chi connectivity index (χ1) is 14.6. The predicted octanol–water partition coefficient (Wildman–Crippen LogP) is 3.02. The number of para-hydroxylation sites is 1. The average molecular weight is 419 g/mol. The van der Waals surface area contributed by atoms with Crippen molar-refractivity contribution in [2.75, 3.05) is 31.1 Å². The molecule has 30 heavy (non-hydrogen) atoms. The van der Waals surface area contributed by atoms with Crippen molar-refractivity contribution >= 4 is 29.3 Å². The number of fused-ring (bicyclic) bond motifs is 3. The highest BCUT2D eigenvalue weighted by Crippen LogP contribution is 2.56. The quantitative estimate of drug-likeness (QED) is 0.767. The van der Waals surface area contributed by atoms with E-state index >= 15 is 0 Å². The van der Waals surface area contributed by atoms with Crippen molar-refractivity contribution in [3.63, 3.8) is 0 Å². The second-order valence-electron chi connectivity index (χ2n) is 7.85. The first-order valence-corrected chi connectivity index (χ1v) is 11.0. The zero-order valence-corrected chi connectivity index (χ0v) is 17.3. The smallest absolute Gasteiger partial charge is 0.259 e. The molecule has 2 fully saturated rings. The molecule has 0 aromatic heterocycles. The van der Waals surface area contributed by atoms with E-state index in [1.807, 2.05) is 59.5 Å². The number of hydrogen-bond donors (Lipinski definition) is 0. The Hall–Kier alpha value is -2.82. The van der Waals surface area contributed by atoms with Gasteiger partial charge in [0.15, 0.2) is 4.87 Å². The summed E-state index contributed by atoms with van der Waals surface area (Å²) in [6.07, 6.45) is 0.937. The summed E-state index contributed by atoms with van der Waals surface area (Å²) in [5.41, 5.74) is 1.83. The minimum atomic E-state index is -0.850. The van der Waals surface area contributed by atoms with Crippen molar-refractivity contribution in [3.8, 4) is 6.07 Å². The van der Waals surface area contributed by atoms with E-state index < -0.39 is 4.87 Å². The van der Waals surface area contributed by atoms with E-state index in [0.29, 0.717) is 39.0 Å². The highest BCUT2D eigenvalue weighted by Gasteiger charge is 2.58. The maximum Gasteiger partial charge on any atom is 0.259 e. The topological polar surface area (TPSA) is 67.6 Å². The predicted molar refractivity (Wildman–Crippen MR) is 115 cm³/mol. The van der Waals surface area contributed by atoms with Crippen LogP contribution in [0.1, 0.15) is 24.4 Å². The Morgan fingerprint density at radius 2 is 1.73 bits per heavy atom. The molecule has 5 rings (SSSR count). The van der Waals surface area contributed by atoms with E-state index in [2.05, 4.69) is 11.0 Å². The minimum Gasteiger partial charge on any atom is -0.337 e. The standard InChI is InChI=1S/C23H22N4O2S/c24-16-19(17-6-2-1-3-7-17)25-12-14-26(15-13-25)22(29)23-11-10-21(28)27(23)18-8-4-5-9-20(18)30-23/h1-9,19H,10-15H2. The molecule has 0 bridgehead atoms. The van der Waals surface area contributed by atoms with E-state index in [0.717, 1.165) is 16.1 Å². The van der Waals surface area contributed by atoms with Crippen molar-refractivity contribution in [1.29, 1.82) is 5.26 Å². The fourth-order valence-corrected chi connectivity index (χ4v) is 6.20. The largest absolute Gasteiger partial charge is 0.337 e. The molecule has 0 radical (unpaired) electrons. The van der Waals surface area contributed by atoms with Crippen LogP contribution in [0.15, 0.2) is 59.5 Å². The minimum absolute atomic E-state index is 0.0161. The summed E-state index contributed by atoms with van der Waals surface area (Å²) in [6, 6.07) is 19.6. The molecule has 3 heterocycles. The van der Waals surface area contributed by atoms with Crippen LogP contribution in [0.2, 0.25) is 0 Å². The highest BCUT2D eigenvalue weighted by atomic mass is 32.2. The molecule has 2 atom stereocenters. The Morgan fingerprint density at radius 3 is 2.47 bits per heavy atom. The third kappa shape index (κ3) is 2.91. The van der Waals surface area contributed by atoms with Crippen LogP contribution >= 0.6 is 11.8 Å². The number of piperazine rings is 1. The lowest BCUT2D eigenvalue weighted by molar-refractivity contribution is -0.136. The summed E-state index contributed by atoms with van der Waals surface area (Å²) in [6.45, 7) is 2.40. The lowest BCUT2D eigenvalue weighted by Crippen LogP contribution is -2.58. The Morgan fingerprint density at radius 1 is 1.03 bits per heavy atom. The zero-order chi connectivity index (χ0) is 20.7. The summed E-state index contributed by atoms with van der Waals surface area (Å²) in [5.74, 6) is 0.0375. The normalized spacial score (nSPS) is 24.3. The number of benzene rings is 2. The average Bonchev–Trinajstić information content (AvgIpc) is 3.30. The molecule has 7 heteroatoms. The molecule has 0 N–H and O–H groups in total. The molecule has 2 aromatic rings. The first kappa shape index (κ1) is 19.2. The number of anilines is 1. The maximum atomic E-state index is 13.7. The molecule has 0 spiro atoms. The summed E-state index contributed by atoms with van der Waals surface area (Å²) >= 11 is 1.52. The van der Waals surface area contributed by atoms with E-state index in [9.17, 15) is 14.9 Å². The van der Waals surface area contributed by atoms with Gasteiger partial charge in [-0.2, -0.15) is 5.26 Å². The van der Waals surface area contributed by atoms with Crippen LogP contribution in [0.4, 0.5) is 5.69 Å². The molecular weight excluding hydrogens is 396 g/mol. The number of nitrogens with zero attached hydrogens (tertiary/aromatic N) is 4. The number of rotatable bonds is 3. The van der Waals surface area contributed by atoms with Crippen LogP contribution in [0, 0.1) is 11.3 Å². The second kappa shape index (κ2) is 7.46. The zero-order valence-electron chi connectivity index (χ0n) is 16.5. The van der Waals surface area contributed by atoms with Crippen molar-refractivity contribution < 1.29 is 9.59 Å². The van der Waals surface area contributed by atoms with E-state index in [4.69, 9.17) is 0 Å². The van der Waals surface area contributed by atoms with Crippen LogP contribution in [0.3, 0.4) is 0 Å². The lowest BCUT2D eigenvalue weighted by Gasteiger charge is -2.41. The molecule has 152 valence electrons. The van der Waals surface area contributed by atoms with E-state index in [-0.39, 0.29) is 17.9 Å². The number of hydrogen-bond acceptors (Lipinski definition) is 5. The molecule has 2 amide bonds. The van der Waals surface area contributed by atoms with Crippen LogP contribution in [0.5, 0.6) is 0 Å². The second-order valence-corrected chi connectivity index (χ2v) is 9.17. The number of thioether (sulfide) groups is 1. The summed E-state index contributed by atoms with van der Waals surface area (Å²) in [5, 5.41) is 9.71. The Kier molecular flexibility index (Phi) is 4.76. The van der Waals surface area contributed by atoms with Gasteiger partial charge in [0.05, 0.1) is 11.8 Å². The molecule has 6 nitrogen and oxygen atoms in total. The molecule has 2 saturated heterocycles. The Labute approximate surface area is 180 Å². The van der Waals surface area contributed by atoms with Gasteiger partial charge in [-0.15, -0.1) is 0 Å². The van der Waals surface area contributed by atoms with Gasteiger partial charge in [0.1, 0.15) is 6.04 Å². The highest BCUT2D eigenvalue weighted by molar-refractivity contribution is 8.02. The number of amides is 2. The summed E-state index contributed by atoms with van der Waals surface area (Å²) in [4.78, 5) is 32.2. The molecule has 0 saturated carbocycles. The van der Waals surface area contributed by atoms with Gasteiger partial charge < -0.3 is 4.90 Å². The summed E-state index contributed by atoms with van der Waals surface area (Å²) in [7, 11) is 0. The van der Waals surface area contributed by atoms with Gasteiger partial charge >= 0.3 is 0 Å². The molecule has 3 aliphatic rings. The van der Waals surface area contributed by atoms with Crippen molar-refractivity contribution in [2.24, 2.45) is 0 Å². The van der Waals surface area contributed by atoms with E-state index in [1.54, 1.807) is 4.90 Å². The van der Waals surface area contributed by atoms with Crippen LogP contribution in [-0.4, -0.2) is 52.7 Å². The Bertz CT molecular complexity index is 1030. The fourth-order valence-electron chi connectivity index (χ4n) is 4.72. The number of nitriles is 1. The third-order valence-corrected chi connectivity index (χ3v) is 7.68. The molecule has 2 unspecified atom stereocenters. The first-order valence-electron chi connectivity index (χ1n) is 10.2. The van der Waals surface area contributed by atoms with Gasteiger partial charge in [-0.3, -0.25) is 19.4 Å². The Balaban J connectivity index is 1.33. The van der Waals surface area contributed by atoms with Crippen molar-refractivity contribution in [3.05, 3.63) is 60.2 Å². The van der Waals surface area contributed by atoms with Crippen molar-refractivity contribution in [2.45, 2.75) is 28.6 Å². The molecule has 0 aliphatic carbocycles. The van der Waals surface area contributed by atoms with E-state index in [1.165, 1.54) is 11.8 Å². The molecule has 3 aliphatic heterocycles. The van der Waals surface area contributed by atoms with Gasteiger partial charge in [0.25, 0.3) is 5.91 Å². The molecular formula is C23H22N4O2S. The van der Waals surface area contributed by atoms with Crippen molar-refractivity contribution in [1.82, 2.24) is 9.80 Å². The van der Waals surface area contributed by atoms with Crippen LogP contribution in [0.25, 0.3) is 0 Å². The SMILES string of the molecule is N#CC(c1ccccc1)N1CCN(C(=O)C23CCC(=O)N2c2ccccc2S3)CC1. The van der Waals surface area contributed by atoms with Crippen LogP contribution in [-0.2, 0) is 9.59 Å². The lowest BCUT2D eigenvalue weighted by atomic mass is 10.1. The third-order valence-electron chi connectivity index (χ3n) is 6.21.